The second-order valence-corrected chi connectivity index (χ2v) is 7.66. The van der Waals surface area contributed by atoms with Gasteiger partial charge in [0.05, 0.1) is 0 Å². The Morgan fingerprint density at radius 1 is 1.17 bits per heavy atom. The normalized spacial score (nSPS) is 26.4. The van der Waals surface area contributed by atoms with E-state index in [4.69, 9.17) is 15.2 Å². The van der Waals surface area contributed by atoms with E-state index in [-0.39, 0.29) is 12.6 Å². The van der Waals surface area contributed by atoms with E-state index in [1.54, 1.807) is 12.3 Å². The molecule has 0 bridgehead atoms. The molecule has 0 aromatic rings. The number of ether oxygens (including phenoxy) is 2. The molecule has 2 aliphatic rings. The van der Waals surface area contributed by atoms with Crippen molar-refractivity contribution in [2.45, 2.75) is 89.3 Å². The molecule has 0 saturated carbocycles. The number of esters is 1. The number of carbonyl (C=O) groups is 2. The van der Waals surface area contributed by atoms with E-state index in [1.807, 2.05) is 0 Å². The summed E-state index contributed by atoms with van der Waals surface area (Å²) in [6.07, 6.45) is 9.27. The number of unbranched alkanes of at least 4 members (excludes halogenated alkanes) is 6. The summed E-state index contributed by atoms with van der Waals surface area (Å²) in [7, 11) is 0. The van der Waals surface area contributed by atoms with Crippen LogP contribution in [-0.2, 0) is 19.1 Å². The summed E-state index contributed by atoms with van der Waals surface area (Å²) < 4.78 is 10.9. The molecule has 1 saturated heterocycles. The lowest BCUT2D eigenvalue weighted by molar-refractivity contribution is -0.150. The Kier molecular flexibility index (Phi) is 9.63. The number of nitrogens with two attached hydrogens (primary N) is 1. The number of amides is 1. The van der Waals surface area contributed by atoms with Crippen molar-refractivity contribution in [2.75, 3.05) is 6.61 Å². The zero-order valence-electron chi connectivity index (χ0n) is 17.2. The van der Waals surface area contributed by atoms with Gasteiger partial charge in [-0.3, -0.25) is 9.59 Å². The van der Waals surface area contributed by atoms with Crippen molar-refractivity contribution >= 4 is 11.9 Å². The van der Waals surface area contributed by atoms with Gasteiger partial charge in [0.25, 0.3) is 0 Å². The number of aliphatic hydroxyl groups is 2. The van der Waals surface area contributed by atoms with Crippen LogP contribution in [0.2, 0.25) is 0 Å². The van der Waals surface area contributed by atoms with Gasteiger partial charge in [-0.05, 0) is 12.8 Å². The van der Waals surface area contributed by atoms with E-state index in [0.717, 1.165) is 19.3 Å². The summed E-state index contributed by atoms with van der Waals surface area (Å²) in [5, 5.41) is 20.5. The molecule has 0 unspecified atom stereocenters. The van der Waals surface area contributed by atoms with E-state index in [1.165, 1.54) is 36.8 Å². The van der Waals surface area contributed by atoms with Crippen LogP contribution in [0.5, 0.6) is 0 Å². The van der Waals surface area contributed by atoms with Crippen molar-refractivity contribution in [3.05, 3.63) is 24.0 Å². The number of carbonyl (C=O) groups excluding carboxylic acids is 2. The Morgan fingerprint density at radius 2 is 1.86 bits per heavy atom. The van der Waals surface area contributed by atoms with Crippen molar-refractivity contribution in [3.8, 4) is 0 Å². The molecule has 0 aromatic heterocycles. The van der Waals surface area contributed by atoms with Crippen molar-refractivity contribution in [1.29, 1.82) is 0 Å². The van der Waals surface area contributed by atoms with Gasteiger partial charge in [0, 0.05) is 24.4 Å². The number of nitrogens with zero attached hydrogens (tertiary/aromatic N) is 1. The first-order chi connectivity index (χ1) is 13.9. The van der Waals surface area contributed by atoms with Crippen molar-refractivity contribution in [3.63, 3.8) is 0 Å². The highest BCUT2D eigenvalue weighted by Gasteiger charge is 2.45. The number of hydrogen-bond donors (Lipinski definition) is 3. The average Bonchev–Trinajstić information content (AvgIpc) is 3.00. The van der Waals surface area contributed by atoms with Gasteiger partial charge in [0.2, 0.25) is 5.91 Å². The SMILES string of the molecule is CCCCCCCCCC(=O)OC[C@H]1O[C@@H](N2C=CCC(C(N)=O)=C2)[C@H](O)[C@@H]1O. The lowest BCUT2D eigenvalue weighted by Crippen LogP contribution is -2.40. The molecule has 0 aromatic carbocycles. The van der Waals surface area contributed by atoms with Crippen LogP contribution >= 0.6 is 0 Å². The maximum atomic E-state index is 11.9. The molecule has 0 spiro atoms. The van der Waals surface area contributed by atoms with Crippen LogP contribution < -0.4 is 5.73 Å². The number of hydrogen-bond acceptors (Lipinski definition) is 7. The molecule has 2 heterocycles. The highest BCUT2D eigenvalue weighted by molar-refractivity contribution is 5.92. The molecule has 4 N–H and O–H groups in total. The van der Waals surface area contributed by atoms with Crippen LogP contribution in [0.3, 0.4) is 0 Å². The zero-order chi connectivity index (χ0) is 21.2. The monoisotopic (exact) mass is 410 g/mol. The van der Waals surface area contributed by atoms with E-state index in [0.29, 0.717) is 18.4 Å². The Balaban J connectivity index is 1.72. The van der Waals surface area contributed by atoms with E-state index in [2.05, 4.69) is 6.92 Å². The van der Waals surface area contributed by atoms with Crippen molar-refractivity contribution in [1.82, 2.24) is 4.90 Å². The quantitative estimate of drug-likeness (QED) is 0.331. The molecular weight excluding hydrogens is 376 g/mol. The third-order valence-electron chi connectivity index (χ3n) is 5.26. The molecule has 1 fully saturated rings. The highest BCUT2D eigenvalue weighted by Crippen LogP contribution is 2.27. The van der Waals surface area contributed by atoms with Crippen LogP contribution in [0.15, 0.2) is 24.0 Å². The smallest absolute Gasteiger partial charge is 0.305 e. The number of aliphatic hydroxyl groups excluding tert-OH is 2. The largest absolute Gasteiger partial charge is 0.463 e. The molecule has 164 valence electrons. The van der Waals surface area contributed by atoms with Gasteiger partial charge in [0.15, 0.2) is 6.23 Å². The van der Waals surface area contributed by atoms with Gasteiger partial charge in [-0.15, -0.1) is 0 Å². The lowest BCUT2D eigenvalue weighted by atomic mass is 10.1. The molecule has 2 aliphatic heterocycles. The minimum atomic E-state index is -1.21. The number of allylic oxidation sites excluding steroid dienone is 1. The third-order valence-corrected chi connectivity index (χ3v) is 5.26. The van der Waals surface area contributed by atoms with Crippen LogP contribution in [0.4, 0.5) is 0 Å². The summed E-state index contributed by atoms with van der Waals surface area (Å²) >= 11 is 0. The highest BCUT2D eigenvalue weighted by atomic mass is 16.6. The molecule has 0 aliphatic carbocycles. The van der Waals surface area contributed by atoms with Gasteiger partial charge in [-0.25, -0.2) is 0 Å². The Hall–Kier alpha value is -1.90. The van der Waals surface area contributed by atoms with E-state index in [9.17, 15) is 19.8 Å². The minimum Gasteiger partial charge on any atom is -0.463 e. The second kappa shape index (κ2) is 11.9. The van der Waals surface area contributed by atoms with Gasteiger partial charge in [-0.1, -0.05) is 51.5 Å². The standard InChI is InChI=1S/C21H34N2O6/c1-2-3-4-5-6-7-8-11-17(24)28-14-16-18(25)19(26)21(29-16)23-12-9-10-15(13-23)20(22)27/h9,12-13,16,18-19,21,25-26H,2-8,10-11,14H2,1H3,(H2,22,27)/t16-,18-,19-,21-/m1/s1. The van der Waals surface area contributed by atoms with Crippen LogP contribution in [0.1, 0.15) is 64.7 Å². The molecule has 4 atom stereocenters. The fraction of sp³-hybridized carbons (Fsp3) is 0.714. The van der Waals surface area contributed by atoms with Gasteiger partial charge in [0.1, 0.15) is 24.9 Å². The fourth-order valence-corrected chi connectivity index (χ4v) is 3.49. The Morgan fingerprint density at radius 3 is 2.55 bits per heavy atom. The summed E-state index contributed by atoms with van der Waals surface area (Å²) in [4.78, 5) is 24.8. The van der Waals surface area contributed by atoms with Gasteiger partial charge >= 0.3 is 5.97 Å². The minimum absolute atomic E-state index is 0.131. The number of rotatable bonds is 12. The molecule has 8 nitrogen and oxygen atoms in total. The van der Waals surface area contributed by atoms with Crippen molar-refractivity contribution < 1.29 is 29.3 Å². The summed E-state index contributed by atoms with van der Waals surface area (Å²) in [6.45, 7) is 2.05. The first-order valence-corrected chi connectivity index (χ1v) is 10.6. The van der Waals surface area contributed by atoms with Crippen molar-refractivity contribution in [2.24, 2.45) is 5.73 Å². The summed E-state index contributed by atoms with van der Waals surface area (Å²) in [6, 6.07) is 0. The summed E-state index contributed by atoms with van der Waals surface area (Å²) in [5.41, 5.74) is 5.68. The molecule has 0 radical (unpaired) electrons. The maximum absolute atomic E-state index is 11.9. The lowest BCUT2D eigenvalue weighted by Gasteiger charge is -2.28. The first kappa shape index (κ1) is 23.4. The van der Waals surface area contributed by atoms with Crippen LogP contribution in [0, 0.1) is 0 Å². The predicted molar refractivity (Wildman–Crippen MR) is 107 cm³/mol. The fourth-order valence-electron chi connectivity index (χ4n) is 3.49. The van der Waals surface area contributed by atoms with E-state index >= 15 is 0 Å². The van der Waals surface area contributed by atoms with Gasteiger partial charge < -0.3 is 30.3 Å². The predicted octanol–water partition coefficient (Wildman–Crippen LogP) is 1.71. The molecule has 2 rings (SSSR count). The van der Waals surface area contributed by atoms with E-state index < -0.39 is 30.4 Å². The first-order valence-electron chi connectivity index (χ1n) is 10.6. The molecule has 29 heavy (non-hydrogen) atoms. The Labute approximate surface area is 172 Å². The second-order valence-electron chi connectivity index (χ2n) is 7.66. The maximum Gasteiger partial charge on any atom is 0.305 e. The molecular formula is C21H34N2O6. The van der Waals surface area contributed by atoms with Crippen LogP contribution in [-0.4, -0.2) is 58.1 Å². The zero-order valence-corrected chi connectivity index (χ0v) is 17.2. The average molecular weight is 411 g/mol. The Bertz CT molecular complexity index is 606. The molecule has 8 heteroatoms. The van der Waals surface area contributed by atoms with Gasteiger partial charge in [-0.2, -0.15) is 0 Å². The topological polar surface area (TPSA) is 122 Å². The van der Waals surface area contributed by atoms with Crippen LogP contribution in [0.25, 0.3) is 0 Å². The number of primary amides is 1. The molecule has 1 amide bonds. The summed E-state index contributed by atoms with van der Waals surface area (Å²) in [5.74, 6) is -0.885. The third kappa shape index (κ3) is 7.13.